The fourth-order valence-corrected chi connectivity index (χ4v) is 4.25. The van der Waals surface area contributed by atoms with E-state index in [1.165, 1.54) is 0 Å². The fraction of sp³-hybridized carbons (Fsp3) is 0.769. The molecule has 1 aliphatic rings. The van der Waals surface area contributed by atoms with Crippen LogP contribution in [0, 0.1) is 0 Å². The molecule has 1 saturated heterocycles. The Bertz CT molecular complexity index is 506. The third kappa shape index (κ3) is 3.79. The predicted octanol–water partition coefficient (Wildman–Crippen LogP) is 1.52. The molecule has 19 heavy (non-hydrogen) atoms. The second-order valence-corrected chi connectivity index (χ2v) is 7.47. The Kier molecular flexibility index (Phi) is 4.62. The van der Waals surface area contributed by atoms with Crippen LogP contribution in [0.15, 0.2) is 12.3 Å². The summed E-state index contributed by atoms with van der Waals surface area (Å²) in [6.07, 6.45) is 4.88. The Balaban J connectivity index is 1.87. The molecule has 0 bridgehead atoms. The van der Waals surface area contributed by atoms with Crippen LogP contribution < -0.4 is 5.32 Å². The maximum Gasteiger partial charge on any atom is 0.151 e. The normalized spacial score (nSPS) is 22.2. The summed E-state index contributed by atoms with van der Waals surface area (Å²) >= 11 is 0. The molecule has 0 aliphatic carbocycles. The lowest BCUT2D eigenvalue weighted by Gasteiger charge is -2.13. The molecule has 1 unspecified atom stereocenters. The number of sulfone groups is 1. The van der Waals surface area contributed by atoms with Gasteiger partial charge in [0, 0.05) is 18.8 Å². The van der Waals surface area contributed by atoms with E-state index in [-0.39, 0.29) is 11.8 Å². The van der Waals surface area contributed by atoms with Gasteiger partial charge >= 0.3 is 0 Å². The molecule has 0 radical (unpaired) electrons. The average molecular weight is 285 g/mol. The number of hydrogen-bond acceptors (Lipinski definition) is 4. The van der Waals surface area contributed by atoms with Gasteiger partial charge in [-0.3, -0.25) is 4.68 Å². The Morgan fingerprint density at radius 2 is 2.21 bits per heavy atom. The lowest BCUT2D eigenvalue weighted by Crippen LogP contribution is -2.29. The van der Waals surface area contributed by atoms with Gasteiger partial charge in [0.1, 0.15) is 0 Å². The molecule has 0 spiro atoms. The highest BCUT2D eigenvalue weighted by Gasteiger charge is 2.27. The molecule has 0 saturated carbocycles. The van der Waals surface area contributed by atoms with Gasteiger partial charge in [0.05, 0.1) is 23.2 Å². The molecule has 5 nitrogen and oxygen atoms in total. The molecule has 0 amide bonds. The van der Waals surface area contributed by atoms with Crippen LogP contribution in [0.4, 0.5) is 0 Å². The number of nitrogens with one attached hydrogen (secondary N) is 1. The lowest BCUT2D eigenvalue weighted by atomic mass is 10.2. The van der Waals surface area contributed by atoms with Gasteiger partial charge in [-0.1, -0.05) is 13.8 Å². The van der Waals surface area contributed by atoms with Crippen LogP contribution in [0.25, 0.3) is 0 Å². The first kappa shape index (κ1) is 14.5. The second-order valence-electron chi connectivity index (χ2n) is 5.24. The number of aromatic nitrogens is 2. The van der Waals surface area contributed by atoms with E-state index in [2.05, 4.69) is 24.3 Å². The highest BCUT2D eigenvalue weighted by atomic mass is 32.2. The number of nitrogens with zero attached hydrogens (tertiary/aromatic N) is 2. The zero-order chi connectivity index (χ0) is 13.9. The monoisotopic (exact) mass is 285 g/mol. The molecule has 2 heterocycles. The highest BCUT2D eigenvalue weighted by molar-refractivity contribution is 7.91. The van der Waals surface area contributed by atoms with E-state index in [0.717, 1.165) is 25.0 Å². The van der Waals surface area contributed by atoms with Crippen molar-refractivity contribution in [2.45, 2.75) is 51.7 Å². The van der Waals surface area contributed by atoms with Gasteiger partial charge in [0.2, 0.25) is 0 Å². The summed E-state index contributed by atoms with van der Waals surface area (Å²) in [6.45, 7) is 4.97. The minimum absolute atomic E-state index is 0.0864. The van der Waals surface area contributed by atoms with Crippen molar-refractivity contribution < 1.29 is 8.42 Å². The SMILES string of the molecule is CCC(CC)n1ccc(CNC2CCS(=O)(=O)C2)n1. The van der Waals surface area contributed by atoms with Gasteiger partial charge in [-0.05, 0) is 25.3 Å². The van der Waals surface area contributed by atoms with Crippen molar-refractivity contribution in [2.75, 3.05) is 11.5 Å². The molecule has 2 rings (SSSR count). The molecule has 108 valence electrons. The van der Waals surface area contributed by atoms with Gasteiger partial charge in [-0.2, -0.15) is 5.10 Å². The van der Waals surface area contributed by atoms with E-state index in [1.54, 1.807) is 0 Å². The van der Waals surface area contributed by atoms with E-state index in [4.69, 9.17) is 0 Å². The lowest BCUT2D eigenvalue weighted by molar-refractivity contribution is 0.422. The first-order chi connectivity index (χ1) is 9.04. The minimum Gasteiger partial charge on any atom is -0.307 e. The Morgan fingerprint density at radius 1 is 1.47 bits per heavy atom. The standard InChI is InChI=1S/C13H23N3O2S/c1-3-13(4-2)16-7-5-11(15-16)9-14-12-6-8-19(17,18)10-12/h5,7,12-14H,3-4,6,8-10H2,1-2H3. The number of hydrogen-bond donors (Lipinski definition) is 1. The van der Waals surface area contributed by atoms with Crippen LogP contribution in [0.2, 0.25) is 0 Å². The van der Waals surface area contributed by atoms with Crippen LogP contribution in [-0.4, -0.2) is 35.7 Å². The molecule has 1 atom stereocenters. The largest absolute Gasteiger partial charge is 0.307 e. The zero-order valence-corrected chi connectivity index (χ0v) is 12.5. The first-order valence-electron chi connectivity index (χ1n) is 7.02. The molecule has 6 heteroatoms. The first-order valence-corrected chi connectivity index (χ1v) is 8.84. The van der Waals surface area contributed by atoms with E-state index in [1.807, 2.05) is 16.9 Å². The van der Waals surface area contributed by atoms with Gasteiger partial charge in [0.15, 0.2) is 9.84 Å². The smallest absolute Gasteiger partial charge is 0.151 e. The van der Waals surface area contributed by atoms with Crippen molar-refractivity contribution in [3.05, 3.63) is 18.0 Å². The minimum atomic E-state index is -2.80. The summed E-state index contributed by atoms with van der Waals surface area (Å²) in [5, 5.41) is 7.84. The van der Waals surface area contributed by atoms with Crippen molar-refractivity contribution in [3.63, 3.8) is 0 Å². The Hall–Kier alpha value is -0.880. The van der Waals surface area contributed by atoms with Crippen LogP contribution in [0.5, 0.6) is 0 Å². The molecular weight excluding hydrogens is 262 g/mol. The maximum absolute atomic E-state index is 11.4. The zero-order valence-electron chi connectivity index (χ0n) is 11.7. The summed E-state index contributed by atoms with van der Waals surface area (Å²) in [6, 6.07) is 2.55. The Morgan fingerprint density at radius 3 is 2.79 bits per heavy atom. The van der Waals surface area contributed by atoms with E-state index in [9.17, 15) is 8.42 Å². The topological polar surface area (TPSA) is 64.0 Å². The third-order valence-electron chi connectivity index (χ3n) is 3.78. The summed E-state index contributed by atoms with van der Waals surface area (Å²) in [4.78, 5) is 0. The molecule has 1 aromatic rings. The summed E-state index contributed by atoms with van der Waals surface area (Å²) in [5.74, 6) is 0.576. The third-order valence-corrected chi connectivity index (χ3v) is 5.55. The fourth-order valence-electron chi connectivity index (χ4n) is 2.54. The van der Waals surface area contributed by atoms with Crippen molar-refractivity contribution in [1.82, 2.24) is 15.1 Å². The van der Waals surface area contributed by atoms with Crippen molar-refractivity contribution >= 4 is 9.84 Å². The van der Waals surface area contributed by atoms with Crippen LogP contribution in [0.3, 0.4) is 0 Å². The van der Waals surface area contributed by atoms with Gasteiger partial charge in [-0.15, -0.1) is 0 Å². The number of rotatable bonds is 6. The molecular formula is C13H23N3O2S. The van der Waals surface area contributed by atoms with Crippen LogP contribution >= 0.6 is 0 Å². The summed E-state index contributed by atoms with van der Waals surface area (Å²) < 4.78 is 24.7. The molecule has 1 aromatic heterocycles. The van der Waals surface area contributed by atoms with Crippen molar-refractivity contribution in [2.24, 2.45) is 0 Å². The second kappa shape index (κ2) is 6.05. The average Bonchev–Trinajstić information content (AvgIpc) is 2.95. The van der Waals surface area contributed by atoms with E-state index in [0.29, 0.717) is 18.3 Å². The maximum atomic E-state index is 11.4. The Labute approximate surface area is 115 Å². The van der Waals surface area contributed by atoms with Crippen molar-refractivity contribution in [1.29, 1.82) is 0 Å². The molecule has 1 fully saturated rings. The van der Waals surface area contributed by atoms with Crippen molar-refractivity contribution in [3.8, 4) is 0 Å². The highest BCUT2D eigenvalue weighted by Crippen LogP contribution is 2.15. The van der Waals surface area contributed by atoms with E-state index < -0.39 is 9.84 Å². The van der Waals surface area contributed by atoms with Gasteiger partial charge in [-0.25, -0.2) is 8.42 Å². The summed E-state index contributed by atoms with van der Waals surface area (Å²) in [5.41, 5.74) is 0.983. The van der Waals surface area contributed by atoms with Gasteiger partial charge < -0.3 is 5.32 Å². The predicted molar refractivity (Wildman–Crippen MR) is 75.7 cm³/mol. The van der Waals surface area contributed by atoms with Crippen LogP contribution in [0.1, 0.15) is 44.8 Å². The molecule has 1 N–H and O–H groups in total. The van der Waals surface area contributed by atoms with Gasteiger partial charge in [0.25, 0.3) is 0 Å². The quantitative estimate of drug-likeness (QED) is 0.861. The molecule has 1 aliphatic heterocycles. The van der Waals surface area contributed by atoms with E-state index >= 15 is 0 Å². The summed E-state index contributed by atoms with van der Waals surface area (Å²) in [7, 11) is -2.80. The van der Waals surface area contributed by atoms with Crippen LogP contribution in [-0.2, 0) is 16.4 Å². The molecule has 0 aromatic carbocycles.